The van der Waals surface area contributed by atoms with Crippen molar-refractivity contribution in [3.8, 4) is 6.07 Å². The third-order valence-electron chi connectivity index (χ3n) is 3.60. The average Bonchev–Trinajstić information content (AvgIpc) is 2.53. The maximum Gasteiger partial charge on any atom is 0.269 e. The first-order valence-electron chi connectivity index (χ1n) is 6.58. The topological polar surface area (TPSA) is 105 Å². The number of rotatable bonds is 4. The Morgan fingerprint density at radius 2 is 2.00 bits per heavy atom. The fourth-order valence-corrected chi connectivity index (χ4v) is 2.20. The van der Waals surface area contributed by atoms with E-state index in [4.69, 9.17) is 4.74 Å². The number of benzene rings is 1. The molecule has 1 heterocycles. The van der Waals surface area contributed by atoms with Gasteiger partial charge in [0.25, 0.3) is 5.69 Å². The number of carbonyl (C=O) groups is 1. The Hall–Kier alpha value is -2.46. The van der Waals surface area contributed by atoms with Crippen LogP contribution in [0, 0.1) is 26.9 Å². The predicted octanol–water partition coefficient (Wildman–Crippen LogP) is 1.53. The van der Waals surface area contributed by atoms with Crippen molar-refractivity contribution in [2.45, 2.75) is 19.4 Å². The molecule has 2 rings (SSSR count). The molecule has 110 valence electrons. The molecule has 1 aliphatic rings. The molecular formula is C14H15N3O4. The molecule has 21 heavy (non-hydrogen) atoms. The second-order valence-corrected chi connectivity index (χ2v) is 4.91. The number of nitro groups is 1. The van der Waals surface area contributed by atoms with E-state index in [0.29, 0.717) is 26.1 Å². The first kappa shape index (κ1) is 14.9. The molecule has 0 aromatic heterocycles. The van der Waals surface area contributed by atoms with Crippen LogP contribution in [-0.2, 0) is 16.1 Å². The Morgan fingerprint density at radius 3 is 2.52 bits per heavy atom. The van der Waals surface area contributed by atoms with Crippen molar-refractivity contribution >= 4 is 11.6 Å². The molecule has 0 unspecified atom stereocenters. The van der Waals surface area contributed by atoms with E-state index < -0.39 is 10.3 Å². The highest BCUT2D eigenvalue weighted by atomic mass is 16.6. The largest absolute Gasteiger partial charge is 0.381 e. The second kappa shape index (κ2) is 6.33. The lowest BCUT2D eigenvalue weighted by Crippen LogP contribution is -2.43. The van der Waals surface area contributed by atoms with E-state index in [9.17, 15) is 20.2 Å². The first-order chi connectivity index (χ1) is 10.1. The lowest BCUT2D eigenvalue weighted by atomic mass is 9.81. The molecule has 7 heteroatoms. The number of nitro benzene ring substituents is 1. The molecule has 0 aliphatic carbocycles. The van der Waals surface area contributed by atoms with Crippen molar-refractivity contribution < 1.29 is 14.5 Å². The van der Waals surface area contributed by atoms with Gasteiger partial charge in [-0.2, -0.15) is 5.26 Å². The van der Waals surface area contributed by atoms with Gasteiger partial charge in [0, 0.05) is 31.9 Å². The smallest absolute Gasteiger partial charge is 0.269 e. The molecule has 1 fully saturated rings. The molecule has 0 saturated carbocycles. The predicted molar refractivity (Wildman–Crippen MR) is 73.0 cm³/mol. The standard InChI is InChI=1S/C14H15N3O4/c15-10-14(5-7-21-8-6-14)13(18)16-9-11-1-3-12(4-2-11)17(19)20/h1-4H,5-9H2,(H,16,18). The number of nitrogens with one attached hydrogen (secondary N) is 1. The highest BCUT2D eigenvalue weighted by Crippen LogP contribution is 2.29. The summed E-state index contributed by atoms with van der Waals surface area (Å²) in [5.74, 6) is -0.313. The van der Waals surface area contributed by atoms with Gasteiger partial charge in [0.05, 0.1) is 11.0 Å². The molecule has 1 saturated heterocycles. The minimum absolute atomic E-state index is 0.00278. The molecule has 1 aliphatic heterocycles. The Kier molecular flexibility index (Phi) is 4.50. The number of amides is 1. The van der Waals surface area contributed by atoms with Crippen molar-refractivity contribution in [2.75, 3.05) is 13.2 Å². The van der Waals surface area contributed by atoms with Crippen LogP contribution in [-0.4, -0.2) is 24.0 Å². The van der Waals surface area contributed by atoms with Crippen molar-refractivity contribution in [3.05, 3.63) is 39.9 Å². The van der Waals surface area contributed by atoms with Crippen LogP contribution in [0.2, 0.25) is 0 Å². The van der Waals surface area contributed by atoms with E-state index in [2.05, 4.69) is 11.4 Å². The van der Waals surface area contributed by atoms with Crippen LogP contribution in [0.1, 0.15) is 18.4 Å². The van der Waals surface area contributed by atoms with Gasteiger partial charge in [-0.1, -0.05) is 12.1 Å². The summed E-state index contributed by atoms with van der Waals surface area (Å²) in [5, 5.41) is 22.5. The molecule has 0 atom stereocenters. The van der Waals surface area contributed by atoms with Gasteiger partial charge in [-0.3, -0.25) is 14.9 Å². The minimum Gasteiger partial charge on any atom is -0.381 e. The number of nitriles is 1. The van der Waals surface area contributed by atoms with Crippen LogP contribution in [0.4, 0.5) is 5.69 Å². The molecule has 1 amide bonds. The lowest BCUT2D eigenvalue weighted by molar-refractivity contribution is -0.384. The summed E-state index contributed by atoms with van der Waals surface area (Å²) < 4.78 is 5.18. The van der Waals surface area contributed by atoms with Crippen molar-refractivity contribution in [3.63, 3.8) is 0 Å². The Balaban J connectivity index is 1.97. The van der Waals surface area contributed by atoms with Gasteiger partial charge in [-0.15, -0.1) is 0 Å². The summed E-state index contributed by atoms with van der Waals surface area (Å²) in [4.78, 5) is 22.3. The van der Waals surface area contributed by atoms with Crippen molar-refractivity contribution in [2.24, 2.45) is 5.41 Å². The fraction of sp³-hybridized carbons (Fsp3) is 0.429. The van der Waals surface area contributed by atoms with Gasteiger partial charge in [0.15, 0.2) is 0 Å². The van der Waals surface area contributed by atoms with Crippen LogP contribution in [0.3, 0.4) is 0 Å². The highest BCUT2D eigenvalue weighted by Gasteiger charge is 2.40. The normalized spacial score (nSPS) is 16.7. The zero-order chi connectivity index (χ0) is 15.3. The molecule has 0 radical (unpaired) electrons. The van der Waals surface area contributed by atoms with E-state index >= 15 is 0 Å². The monoisotopic (exact) mass is 289 g/mol. The number of hydrogen-bond donors (Lipinski definition) is 1. The van der Waals surface area contributed by atoms with Crippen LogP contribution in [0.25, 0.3) is 0 Å². The van der Waals surface area contributed by atoms with E-state index in [1.54, 1.807) is 12.1 Å². The third-order valence-corrected chi connectivity index (χ3v) is 3.60. The van der Waals surface area contributed by atoms with Gasteiger partial charge in [-0.25, -0.2) is 0 Å². The molecule has 1 aromatic rings. The summed E-state index contributed by atoms with van der Waals surface area (Å²) in [6.45, 7) is 1.04. The van der Waals surface area contributed by atoms with Gasteiger partial charge in [0.2, 0.25) is 5.91 Å². The summed E-state index contributed by atoms with van der Waals surface area (Å²) >= 11 is 0. The van der Waals surface area contributed by atoms with Gasteiger partial charge in [0.1, 0.15) is 5.41 Å². The Bertz CT molecular complexity index is 571. The number of carbonyl (C=O) groups excluding carboxylic acids is 1. The molecule has 0 bridgehead atoms. The van der Waals surface area contributed by atoms with Gasteiger partial charge in [-0.05, 0) is 18.4 Å². The number of non-ortho nitro benzene ring substituents is 1. The van der Waals surface area contributed by atoms with Crippen LogP contribution in [0.15, 0.2) is 24.3 Å². The summed E-state index contributed by atoms with van der Waals surface area (Å²) in [6, 6.07) is 8.04. The number of ether oxygens (including phenoxy) is 1. The summed E-state index contributed by atoms with van der Waals surface area (Å²) in [6.07, 6.45) is 0.769. The SMILES string of the molecule is N#CC1(C(=O)NCc2ccc([N+](=O)[O-])cc2)CCOCC1. The van der Waals surface area contributed by atoms with Crippen LogP contribution < -0.4 is 5.32 Å². The summed E-state index contributed by atoms with van der Waals surface area (Å²) in [7, 11) is 0. The van der Waals surface area contributed by atoms with Crippen LogP contribution >= 0.6 is 0 Å². The van der Waals surface area contributed by atoms with Crippen molar-refractivity contribution in [1.29, 1.82) is 5.26 Å². The summed E-state index contributed by atoms with van der Waals surface area (Å²) in [5.41, 5.74) is -0.281. The fourth-order valence-electron chi connectivity index (χ4n) is 2.20. The quantitative estimate of drug-likeness (QED) is 0.668. The first-order valence-corrected chi connectivity index (χ1v) is 6.58. The molecule has 7 nitrogen and oxygen atoms in total. The van der Waals surface area contributed by atoms with Crippen molar-refractivity contribution in [1.82, 2.24) is 5.32 Å². The van der Waals surface area contributed by atoms with Gasteiger partial charge < -0.3 is 10.1 Å². The third kappa shape index (κ3) is 3.35. The molecular weight excluding hydrogens is 274 g/mol. The Labute approximate surface area is 121 Å². The average molecular weight is 289 g/mol. The van der Waals surface area contributed by atoms with E-state index in [1.165, 1.54) is 12.1 Å². The van der Waals surface area contributed by atoms with E-state index in [0.717, 1.165) is 5.56 Å². The zero-order valence-corrected chi connectivity index (χ0v) is 11.4. The Morgan fingerprint density at radius 1 is 1.38 bits per heavy atom. The maximum absolute atomic E-state index is 12.2. The minimum atomic E-state index is -1.03. The highest BCUT2D eigenvalue weighted by molar-refractivity contribution is 5.85. The molecule has 1 aromatic carbocycles. The molecule has 0 spiro atoms. The number of nitrogens with zero attached hydrogens (tertiary/aromatic N) is 2. The second-order valence-electron chi connectivity index (χ2n) is 4.91. The van der Waals surface area contributed by atoms with E-state index in [-0.39, 0.29) is 18.1 Å². The lowest BCUT2D eigenvalue weighted by Gasteiger charge is -2.29. The van der Waals surface area contributed by atoms with Gasteiger partial charge >= 0.3 is 0 Å². The number of hydrogen-bond acceptors (Lipinski definition) is 5. The maximum atomic E-state index is 12.2. The van der Waals surface area contributed by atoms with E-state index in [1.807, 2.05) is 0 Å². The van der Waals surface area contributed by atoms with Crippen LogP contribution in [0.5, 0.6) is 0 Å². The molecule has 1 N–H and O–H groups in total. The zero-order valence-electron chi connectivity index (χ0n) is 11.4.